The average molecular weight is 356 g/mol. The van der Waals surface area contributed by atoms with E-state index in [-0.39, 0.29) is 12.4 Å². The van der Waals surface area contributed by atoms with Gasteiger partial charge in [0.15, 0.2) is 0 Å². The molecule has 0 bridgehead atoms. The molecule has 1 aliphatic rings. The molecule has 1 atom stereocenters. The van der Waals surface area contributed by atoms with Crippen LogP contribution in [0.1, 0.15) is 30.9 Å². The van der Waals surface area contributed by atoms with Crippen molar-refractivity contribution in [3.05, 3.63) is 32.7 Å². The monoisotopic (exact) mass is 353 g/mol. The first-order chi connectivity index (χ1) is 6.75. The van der Waals surface area contributed by atoms with Gasteiger partial charge in [-0.25, -0.2) is 0 Å². The molecule has 1 heterocycles. The lowest BCUT2D eigenvalue weighted by molar-refractivity contribution is 0.412. The normalized spacial score (nSPS) is 20.8. The van der Waals surface area contributed by atoms with Crippen molar-refractivity contribution in [2.75, 3.05) is 6.54 Å². The van der Waals surface area contributed by atoms with Crippen molar-refractivity contribution < 1.29 is 0 Å². The summed E-state index contributed by atoms with van der Waals surface area (Å²) in [4.78, 5) is 0. The summed E-state index contributed by atoms with van der Waals surface area (Å²) in [7, 11) is 0. The molecule has 1 aromatic carbocycles. The van der Waals surface area contributed by atoms with Gasteiger partial charge < -0.3 is 5.32 Å². The number of piperidine rings is 1. The van der Waals surface area contributed by atoms with E-state index < -0.39 is 0 Å². The van der Waals surface area contributed by atoms with Crippen LogP contribution in [0.25, 0.3) is 0 Å². The molecule has 84 valence electrons. The van der Waals surface area contributed by atoms with E-state index in [9.17, 15) is 0 Å². The molecule has 1 nitrogen and oxygen atoms in total. The number of nitrogens with one attached hydrogen (secondary N) is 1. The van der Waals surface area contributed by atoms with Crippen molar-refractivity contribution in [2.24, 2.45) is 0 Å². The maximum absolute atomic E-state index is 3.55. The van der Waals surface area contributed by atoms with Crippen molar-refractivity contribution >= 4 is 44.3 Å². The van der Waals surface area contributed by atoms with Crippen molar-refractivity contribution in [3.63, 3.8) is 0 Å². The number of rotatable bonds is 1. The first kappa shape index (κ1) is 13.5. The van der Waals surface area contributed by atoms with E-state index in [1.165, 1.54) is 24.8 Å². The van der Waals surface area contributed by atoms with Gasteiger partial charge in [0.05, 0.1) is 0 Å². The SMILES string of the molecule is Brc1cc(Br)cc([C@H]2CCCCN2)c1.Cl. The van der Waals surface area contributed by atoms with Gasteiger partial charge in [0.2, 0.25) is 0 Å². The van der Waals surface area contributed by atoms with E-state index in [0.29, 0.717) is 6.04 Å². The number of hydrogen-bond acceptors (Lipinski definition) is 1. The summed E-state index contributed by atoms with van der Waals surface area (Å²) in [6, 6.07) is 7.02. The Kier molecular flexibility index (Phi) is 5.61. The highest BCUT2D eigenvalue weighted by Gasteiger charge is 2.14. The first-order valence-electron chi connectivity index (χ1n) is 4.95. The fraction of sp³-hybridized carbons (Fsp3) is 0.455. The summed E-state index contributed by atoms with van der Waals surface area (Å²) in [6.45, 7) is 1.15. The van der Waals surface area contributed by atoms with Crippen LogP contribution < -0.4 is 5.32 Å². The molecule has 0 aliphatic carbocycles. The highest BCUT2D eigenvalue weighted by molar-refractivity contribution is 9.11. The fourth-order valence-electron chi connectivity index (χ4n) is 1.91. The number of hydrogen-bond donors (Lipinski definition) is 1. The second-order valence-electron chi connectivity index (χ2n) is 3.71. The largest absolute Gasteiger partial charge is 0.310 e. The Morgan fingerprint density at radius 3 is 2.27 bits per heavy atom. The highest BCUT2D eigenvalue weighted by Crippen LogP contribution is 2.28. The zero-order chi connectivity index (χ0) is 9.97. The molecule has 2 rings (SSSR count). The third-order valence-electron chi connectivity index (χ3n) is 2.60. The van der Waals surface area contributed by atoms with Crippen LogP contribution in [0.5, 0.6) is 0 Å². The molecule has 1 N–H and O–H groups in total. The van der Waals surface area contributed by atoms with Gasteiger partial charge in [-0.05, 0) is 43.1 Å². The van der Waals surface area contributed by atoms with Crippen molar-refractivity contribution in [1.29, 1.82) is 0 Å². The summed E-state index contributed by atoms with van der Waals surface area (Å²) < 4.78 is 2.29. The topological polar surface area (TPSA) is 12.0 Å². The van der Waals surface area contributed by atoms with Crippen molar-refractivity contribution in [2.45, 2.75) is 25.3 Å². The van der Waals surface area contributed by atoms with E-state index >= 15 is 0 Å². The van der Waals surface area contributed by atoms with Gasteiger partial charge >= 0.3 is 0 Å². The van der Waals surface area contributed by atoms with Crippen LogP contribution in [-0.2, 0) is 0 Å². The predicted octanol–water partition coefficient (Wildman–Crippen LogP) is 4.45. The first-order valence-corrected chi connectivity index (χ1v) is 6.54. The number of benzene rings is 1. The van der Waals surface area contributed by atoms with Crippen LogP contribution in [0, 0.1) is 0 Å². The van der Waals surface area contributed by atoms with Crippen LogP contribution >= 0.6 is 44.3 Å². The molecule has 1 saturated heterocycles. The van der Waals surface area contributed by atoms with Gasteiger partial charge in [0, 0.05) is 15.0 Å². The standard InChI is InChI=1S/C11H13Br2N.ClH/c12-9-5-8(6-10(13)7-9)11-3-1-2-4-14-11;/h5-7,11,14H,1-4H2;1H/t11-;/m1./s1. The molecule has 1 aromatic rings. The molecule has 0 radical (unpaired) electrons. The minimum absolute atomic E-state index is 0. The summed E-state index contributed by atoms with van der Waals surface area (Å²) in [5.74, 6) is 0. The van der Waals surface area contributed by atoms with Crippen LogP contribution in [-0.4, -0.2) is 6.54 Å². The Bertz CT molecular complexity index is 304. The Labute approximate surface area is 114 Å². The zero-order valence-corrected chi connectivity index (χ0v) is 12.3. The average Bonchev–Trinajstić information content (AvgIpc) is 2.18. The second kappa shape index (κ2) is 6.24. The second-order valence-corrected chi connectivity index (χ2v) is 5.54. The lowest BCUT2D eigenvalue weighted by Gasteiger charge is -2.24. The van der Waals surface area contributed by atoms with E-state index in [1.54, 1.807) is 0 Å². The minimum atomic E-state index is 0. The van der Waals surface area contributed by atoms with E-state index in [0.717, 1.165) is 15.5 Å². The molecular formula is C11H14Br2ClN. The molecule has 0 unspecified atom stereocenters. The third-order valence-corrected chi connectivity index (χ3v) is 3.51. The van der Waals surface area contributed by atoms with Gasteiger partial charge in [-0.3, -0.25) is 0 Å². The highest BCUT2D eigenvalue weighted by atomic mass is 79.9. The fourth-order valence-corrected chi connectivity index (χ4v) is 3.24. The van der Waals surface area contributed by atoms with Crippen molar-refractivity contribution in [1.82, 2.24) is 5.32 Å². The smallest absolute Gasteiger partial charge is 0.0321 e. The van der Waals surface area contributed by atoms with E-state index in [4.69, 9.17) is 0 Å². The summed E-state index contributed by atoms with van der Waals surface area (Å²) in [6.07, 6.45) is 3.90. The van der Waals surface area contributed by atoms with E-state index in [1.807, 2.05) is 0 Å². The molecule has 0 saturated carbocycles. The molecule has 1 fully saturated rings. The maximum Gasteiger partial charge on any atom is 0.0321 e. The Balaban J connectivity index is 0.00000112. The lowest BCUT2D eigenvalue weighted by Crippen LogP contribution is -2.26. The third kappa shape index (κ3) is 3.74. The summed E-state index contributed by atoms with van der Waals surface area (Å²) >= 11 is 7.04. The Hall–Kier alpha value is 0.430. The molecule has 0 spiro atoms. The predicted molar refractivity (Wildman–Crippen MR) is 73.7 cm³/mol. The summed E-state index contributed by atoms with van der Waals surface area (Å²) in [5, 5.41) is 3.55. The van der Waals surface area contributed by atoms with Gasteiger partial charge in [-0.15, -0.1) is 12.4 Å². The molecular weight excluding hydrogens is 341 g/mol. The van der Waals surface area contributed by atoms with Gasteiger partial charge in [0.25, 0.3) is 0 Å². The Morgan fingerprint density at radius 1 is 1.07 bits per heavy atom. The zero-order valence-electron chi connectivity index (χ0n) is 8.30. The van der Waals surface area contributed by atoms with Crippen LogP contribution in [0.4, 0.5) is 0 Å². The quantitative estimate of drug-likeness (QED) is 0.785. The molecule has 0 amide bonds. The van der Waals surface area contributed by atoms with Gasteiger partial charge in [0.1, 0.15) is 0 Å². The minimum Gasteiger partial charge on any atom is -0.310 e. The molecule has 4 heteroatoms. The lowest BCUT2D eigenvalue weighted by atomic mass is 9.98. The maximum atomic E-state index is 3.55. The van der Waals surface area contributed by atoms with Crippen LogP contribution in [0.15, 0.2) is 27.1 Å². The van der Waals surface area contributed by atoms with Crippen LogP contribution in [0.2, 0.25) is 0 Å². The number of halogens is 3. The van der Waals surface area contributed by atoms with E-state index in [2.05, 4.69) is 55.4 Å². The van der Waals surface area contributed by atoms with Crippen molar-refractivity contribution in [3.8, 4) is 0 Å². The molecule has 0 aromatic heterocycles. The summed E-state index contributed by atoms with van der Waals surface area (Å²) in [5.41, 5.74) is 1.38. The van der Waals surface area contributed by atoms with Gasteiger partial charge in [-0.1, -0.05) is 38.3 Å². The Morgan fingerprint density at radius 2 is 1.73 bits per heavy atom. The molecule has 15 heavy (non-hydrogen) atoms. The van der Waals surface area contributed by atoms with Crippen LogP contribution in [0.3, 0.4) is 0 Å². The van der Waals surface area contributed by atoms with Gasteiger partial charge in [-0.2, -0.15) is 0 Å². The molecule has 1 aliphatic heterocycles.